The van der Waals surface area contributed by atoms with Crippen LogP contribution < -0.4 is 16.6 Å². The van der Waals surface area contributed by atoms with Crippen molar-refractivity contribution in [2.24, 2.45) is 0 Å². The molecule has 150 valence electrons. The van der Waals surface area contributed by atoms with Gasteiger partial charge in [-0.25, -0.2) is 9.18 Å². The van der Waals surface area contributed by atoms with Gasteiger partial charge in [0.25, 0.3) is 11.5 Å². The minimum absolute atomic E-state index is 0.0703. The van der Waals surface area contributed by atoms with E-state index < -0.39 is 28.7 Å². The predicted molar refractivity (Wildman–Crippen MR) is 107 cm³/mol. The van der Waals surface area contributed by atoms with Gasteiger partial charge in [-0.05, 0) is 31.0 Å². The Morgan fingerprint density at radius 3 is 2.41 bits per heavy atom. The molecule has 2 aromatic carbocycles. The number of hydrogen-bond donors (Lipinski definition) is 1. The molecule has 0 bridgehead atoms. The fraction of sp³-hybridized carbons (Fsp3) is 0.238. The van der Waals surface area contributed by atoms with Gasteiger partial charge in [0.2, 0.25) is 5.69 Å². The highest BCUT2D eigenvalue weighted by Crippen LogP contribution is 2.09. The van der Waals surface area contributed by atoms with Crippen LogP contribution >= 0.6 is 0 Å². The summed E-state index contributed by atoms with van der Waals surface area (Å²) in [5.74, 6) is -1.41. The van der Waals surface area contributed by atoms with Crippen molar-refractivity contribution in [3.05, 3.63) is 92.5 Å². The standard InChI is InChI=1S/C21H21FN4O3/c1-3-14(2)23-19(27)18-20(28)25(13-15-9-5-4-6-10-15)21(29)26(24-18)17-12-8-7-11-16(17)22/h4-12,14H,3,13H2,1-2H3,(H,23,27)/t14-/m0/s1. The van der Waals surface area contributed by atoms with Crippen LogP contribution in [0.15, 0.2) is 64.2 Å². The number of rotatable bonds is 6. The Kier molecular flexibility index (Phi) is 6.01. The first-order chi connectivity index (χ1) is 13.9. The second-order valence-corrected chi connectivity index (χ2v) is 6.65. The van der Waals surface area contributed by atoms with Crippen molar-refractivity contribution in [3.63, 3.8) is 0 Å². The molecule has 1 N–H and O–H groups in total. The molecule has 3 aromatic rings. The maximum absolute atomic E-state index is 14.3. The van der Waals surface area contributed by atoms with Crippen molar-refractivity contribution in [2.75, 3.05) is 0 Å². The molecule has 0 saturated heterocycles. The molecule has 0 saturated carbocycles. The molecule has 0 fully saturated rings. The largest absolute Gasteiger partial charge is 0.352 e. The van der Waals surface area contributed by atoms with Gasteiger partial charge in [-0.3, -0.25) is 14.2 Å². The first-order valence-corrected chi connectivity index (χ1v) is 9.26. The number of aromatic nitrogens is 3. The van der Waals surface area contributed by atoms with Crippen molar-refractivity contribution in [1.29, 1.82) is 0 Å². The molecule has 29 heavy (non-hydrogen) atoms. The molecule has 3 rings (SSSR count). The summed E-state index contributed by atoms with van der Waals surface area (Å²) in [6.45, 7) is 3.60. The molecule has 1 heterocycles. The highest BCUT2D eigenvalue weighted by Gasteiger charge is 2.22. The predicted octanol–water partition coefficient (Wildman–Crippen LogP) is 2.11. The Bertz CT molecular complexity index is 1140. The van der Waals surface area contributed by atoms with Crippen LogP contribution in [0.3, 0.4) is 0 Å². The van der Waals surface area contributed by atoms with E-state index in [1.165, 1.54) is 24.3 Å². The summed E-state index contributed by atoms with van der Waals surface area (Å²) < 4.78 is 16.0. The molecule has 1 amide bonds. The zero-order valence-electron chi connectivity index (χ0n) is 16.1. The van der Waals surface area contributed by atoms with Crippen LogP contribution in [0.1, 0.15) is 36.3 Å². The maximum Gasteiger partial charge on any atom is 0.352 e. The Hall–Kier alpha value is -3.55. The molecule has 0 spiro atoms. The SMILES string of the molecule is CC[C@H](C)NC(=O)c1nn(-c2ccccc2F)c(=O)n(Cc2ccccc2)c1=O. The molecule has 1 atom stereocenters. The molecule has 0 unspecified atom stereocenters. The zero-order chi connectivity index (χ0) is 21.0. The van der Waals surface area contributed by atoms with Gasteiger partial charge in [-0.1, -0.05) is 49.4 Å². The lowest BCUT2D eigenvalue weighted by Gasteiger charge is -2.14. The van der Waals surface area contributed by atoms with Crippen LogP contribution in [-0.2, 0) is 6.54 Å². The molecule has 0 aliphatic heterocycles. The van der Waals surface area contributed by atoms with E-state index in [1.54, 1.807) is 31.2 Å². The van der Waals surface area contributed by atoms with Gasteiger partial charge in [-0.15, -0.1) is 0 Å². The van der Waals surface area contributed by atoms with E-state index in [2.05, 4.69) is 10.4 Å². The fourth-order valence-electron chi connectivity index (χ4n) is 2.74. The van der Waals surface area contributed by atoms with E-state index >= 15 is 0 Å². The Labute approximate surface area is 166 Å². The van der Waals surface area contributed by atoms with E-state index in [9.17, 15) is 18.8 Å². The van der Waals surface area contributed by atoms with Gasteiger partial charge in [0.1, 0.15) is 11.5 Å². The topological polar surface area (TPSA) is 86.0 Å². The number of benzene rings is 2. The van der Waals surface area contributed by atoms with Crippen molar-refractivity contribution >= 4 is 5.91 Å². The fourth-order valence-corrected chi connectivity index (χ4v) is 2.74. The number of amides is 1. The average Bonchev–Trinajstić information content (AvgIpc) is 2.72. The van der Waals surface area contributed by atoms with E-state index in [1.807, 2.05) is 13.0 Å². The minimum atomic E-state index is -0.830. The summed E-state index contributed by atoms with van der Waals surface area (Å²) in [4.78, 5) is 38.5. The highest BCUT2D eigenvalue weighted by atomic mass is 19.1. The number of nitrogens with one attached hydrogen (secondary N) is 1. The van der Waals surface area contributed by atoms with Gasteiger partial charge in [-0.2, -0.15) is 9.78 Å². The normalized spacial score (nSPS) is 11.8. The zero-order valence-corrected chi connectivity index (χ0v) is 16.1. The first-order valence-electron chi connectivity index (χ1n) is 9.26. The molecule has 0 aliphatic rings. The number of hydrogen-bond acceptors (Lipinski definition) is 4. The van der Waals surface area contributed by atoms with Crippen LogP contribution in [0.4, 0.5) is 4.39 Å². The lowest BCUT2D eigenvalue weighted by Crippen LogP contribution is -2.47. The lowest BCUT2D eigenvalue weighted by molar-refractivity contribution is 0.0929. The van der Waals surface area contributed by atoms with E-state index in [0.717, 1.165) is 9.25 Å². The quantitative estimate of drug-likeness (QED) is 0.692. The van der Waals surface area contributed by atoms with Gasteiger partial charge in [0.05, 0.1) is 6.54 Å². The van der Waals surface area contributed by atoms with Crippen LogP contribution in [0.5, 0.6) is 0 Å². The second-order valence-electron chi connectivity index (χ2n) is 6.65. The number of halogens is 1. The van der Waals surface area contributed by atoms with Crippen molar-refractivity contribution in [2.45, 2.75) is 32.9 Å². The number of nitrogens with zero attached hydrogens (tertiary/aromatic N) is 3. The third-order valence-electron chi connectivity index (χ3n) is 4.53. The average molecular weight is 396 g/mol. The van der Waals surface area contributed by atoms with Gasteiger partial charge < -0.3 is 5.32 Å². The first kappa shape index (κ1) is 20.2. The molecular weight excluding hydrogens is 375 g/mol. The van der Waals surface area contributed by atoms with E-state index in [-0.39, 0.29) is 18.3 Å². The van der Waals surface area contributed by atoms with Gasteiger partial charge in [0.15, 0.2) is 0 Å². The molecule has 1 aromatic heterocycles. The van der Waals surface area contributed by atoms with E-state index in [0.29, 0.717) is 12.0 Å². The molecular formula is C21H21FN4O3. The summed E-state index contributed by atoms with van der Waals surface area (Å²) >= 11 is 0. The number of carbonyl (C=O) groups excluding carboxylic acids is 1. The van der Waals surface area contributed by atoms with Crippen LogP contribution in [0.2, 0.25) is 0 Å². The Balaban J connectivity index is 2.21. The van der Waals surface area contributed by atoms with Gasteiger partial charge >= 0.3 is 5.69 Å². The Morgan fingerprint density at radius 1 is 1.10 bits per heavy atom. The summed E-state index contributed by atoms with van der Waals surface area (Å²) in [7, 11) is 0. The molecule has 0 radical (unpaired) electrons. The van der Waals surface area contributed by atoms with Crippen LogP contribution in [-0.4, -0.2) is 26.3 Å². The van der Waals surface area contributed by atoms with Gasteiger partial charge in [0, 0.05) is 6.04 Å². The van der Waals surface area contributed by atoms with Crippen molar-refractivity contribution in [1.82, 2.24) is 19.7 Å². The van der Waals surface area contributed by atoms with Crippen molar-refractivity contribution in [3.8, 4) is 5.69 Å². The Morgan fingerprint density at radius 2 is 1.76 bits per heavy atom. The van der Waals surface area contributed by atoms with Crippen LogP contribution in [0, 0.1) is 5.82 Å². The summed E-state index contributed by atoms with van der Waals surface area (Å²) in [5, 5.41) is 6.58. The van der Waals surface area contributed by atoms with Crippen molar-refractivity contribution < 1.29 is 9.18 Å². The molecule has 8 heteroatoms. The summed E-state index contributed by atoms with van der Waals surface area (Å²) in [6, 6.07) is 14.2. The van der Waals surface area contributed by atoms with Crippen LogP contribution in [0.25, 0.3) is 5.69 Å². The molecule has 0 aliphatic carbocycles. The second kappa shape index (κ2) is 8.64. The van der Waals surface area contributed by atoms with E-state index in [4.69, 9.17) is 0 Å². The smallest absolute Gasteiger partial charge is 0.348 e. The minimum Gasteiger partial charge on any atom is -0.348 e. The third kappa shape index (κ3) is 4.31. The number of carbonyl (C=O) groups is 1. The highest BCUT2D eigenvalue weighted by molar-refractivity contribution is 5.91. The third-order valence-corrected chi connectivity index (χ3v) is 4.53. The summed E-state index contributed by atoms with van der Waals surface area (Å²) in [5.41, 5.74) is -1.58. The molecule has 7 nitrogen and oxygen atoms in total. The monoisotopic (exact) mass is 396 g/mol. The maximum atomic E-state index is 14.3. The summed E-state index contributed by atoms with van der Waals surface area (Å²) in [6.07, 6.45) is 0.650. The number of para-hydroxylation sites is 1. The lowest BCUT2D eigenvalue weighted by atomic mass is 10.2.